The smallest absolute Gasteiger partial charge is 0.0856 e. The van der Waals surface area contributed by atoms with Crippen LogP contribution >= 0.6 is 0 Å². The third kappa shape index (κ3) is 3.96. The Labute approximate surface area is 62.7 Å². The van der Waals surface area contributed by atoms with Gasteiger partial charge in [0.15, 0.2) is 0 Å². The third-order valence-corrected chi connectivity index (χ3v) is 1.12. The van der Waals surface area contributed by atoms with Crippen LogP contribution in [-0.4, -0.2) is 7.11 Å². The predicted molar refractivity (Wildman–Crippen MR) is 44.7 cm³/mol. The molecule has 10 heavy (non-hydrogen) atoms. The van der Waals surface area contributed by atoms with Gasteiger partial charge in [0.05, 0.1) is 13.4 Å². The van der Waals surface area contributed by atoms with Crippen molar-refractivity contribution in [3.05, 3.63) is 36.6 Å². The van der Waals surface area contributed by atoms with Gasteiger partial charge in [-0.1, -0.05) is 31.7 Å². The van der Waals surface area contributed by atoms with Gasteiger partial charge in [-0.15, -0.1) is 0 Å². The lowest BCUT2D eigenvalue weighted by Crippen LogP contribution is -1.75. The first-order valence-corrected chi connectivity index (χ1v) is 3.36. The van der Waals surface area contributed by atoms with E-state index in [4.69, 9.17) is 4.74 Å². The minimum atomic E-state index is 0.984. The van der Waals surface area contributed by atoms with Gasteiger partial charge in [-0.05, 0) is 12.0 Å². The molecule has 0 aromatic rings. The fourth-order valence-electron chi connectivity index (χ4n) is 0.583. The number of methoxy groups -OCH3 is 1. The highest BCUT2D eigenvalue weighted by atomic mass is 16.5. The van der Waals surface area contributed by atoms with Crippen LogP contribution in [0.25, 0.3) is 0 Å². The van der Waals surface area contributed by atoms with Crippen LogP contribution in [0.4, 0.5) is 0 Å². The van der Waals surface area contributed by atoms with Gasteiger partial charge in [0.25, 0.3) is 0 Å². The van der Waals surface area contributed by atoms with E-state index in [0.29, 0.717) is 0 Å². The van der Waals surface area contributed by atoms with Crippen LogP contribution in [0.5, 0.6) is 0 Å². The second-order valence-electron chi connectivity index (χ2n) is 1.88. The number of ether oxygens (including phenoxy) is 1. The molecule has 0 spiro atoms. The Balaban J connectivity index is 3.94. The summed E-state index contributed by atoms with van der Waals surface area (Å²) in [5, 5.41) is 0. The molecular formula is C9H14O. The molecule has 0 aromatic heterocycles. The fourth-order valence-corrected chi connectivity index (χ4v) is 0.583. The molecule has 0 aromatic carbocycles. The van der Waals surface area contributed by atoms with E-state index in [-0.39, 0.29) is 0 Å². The Morgan fingerprint density at radius 1 is 1.60 bits per heavy atom. The third-order valence-electron chi connectivity index (χ3n) is 1.12. The highest BCUT2D eigenvalue weighted by Crippen LogP contribution is 2.01. The SMILES string of the molecule is C=C/C=C\C(=C\OC)CC. The molecule has 0 rings (SSSR count). The zero-order valence-corrected chi connectivity index (χ0v) is 6.63. The summed E-state index contributed by atoms with van der Waals surface area (Å²) in [5.41, 5.74) is 1.17. The molecule has 0 unspecified atom stereocenters. The lowest BCUT2D eigenvalue weighted by Gasteiger charge is -1.94. The highest BCUT2D eigenvalue weighted by molar-refractivity contribution is 5.19. The lowest BCUT2D eigenvalue weighted by atomic mass is 10.2. The summed E-state index contributed by atoms with van der Waals surface area (Å²) in [4.78, 5) is 0. The van der Waals surface area contributed by atoms with Crippen molar-refractivity contribution in [1.29, 1.82) is 0 Å². The van der Waals surface area contributed by atoms with Crippen molar-refractivity contribution in [3.8, 4) is 0 Å². The van der Waals surface area contributed by atoms with Crippen LogP contribution < -0.4 is 0 Å². The van der Waals surface area contributed by atoms with Gasteiger partial charge in [-0.25, -0.2) is 0 Å². The molecular weight excluding hydrogens is 124 g/mol. The molecule has 0 aliphatic rings. The van der Waals surface area contributed by atoms with Crippen molar-refractivity contribution >= 4 is 0 Å². The number of hydrogen-bond acceptors (Lipinski definition) is 1. The van der Waals surface area contributed by atoms with Crippen LogP contribution in [0.3, 0.4) is 0 Å². The number of hydrogen-bond donors (Lipinski definition) is 0. The topological polar surface area (TPSA) is 9.23 Å². The Bertz CT molecular complexity index is 140. The van der Waals surface area contributed by atoms with Crippen LogP contribution in [0.15, 0.2) is 36.6 Å². The van der Waals surface area contributed by atoms with Crippen molar-refractivity contribution < 1.29 is 4.74 Å². The van der Waals surface area contributed by atoms with E-state index in [9.17, 15) is 0 Å². The van der Waals surface area contributed by atoms with E-state index < -0.39 is 0 Å². The van der Waals surface area contributed by atoms with E-state index in [1.54, 1.807) is 19.4 Å². The first-order chi connectivity index (χ1) is 4.85. The fraction of sp³-hybridized carbons (Fsp3) is 0.333. The summed E-state index contributed by atoms with van der Waals surface area (Å²) < 4.78 is 4.84. The first kappa shape index (κ1) is 9.02. The van der Waals surface area contributed by atoms with Gasteiger partial charge in [0.1, 0.15) is 0 Å². The lowest BCUT2D eigenvalue weighted by molar-refractivity contribution is 0.334. The summed E-state index contributed by atoms with van der Waals surface area (Å²) >= 11 is 0. The van der Waals surface area contributed by atoms with Crippen LogP contribution in [-0.2, 0) is 4.74 Å². The normalized spacial score (nSPS) is 12.0. The van der Waals surface area contributed by atoms with Crippen molar-refractivity contribution in [2.45, 2.75) is 13.3 Å². The second kappa shape index (κ2) is 6.14. The highest BCUT2D eigenvalue weighted by Gasteiger charge is 1.84. The van der Waals surface area contributed by atoms with E-state index >= 15 is 0 Å². The van der Waals surface area contributed by atoms with E-state index in [2.05, 4.69) is 13.5 Å². The van der Waals surface area contributed by atoms with Gasteiger partial charge in [0, 0.05) is 0 Å². The van der Waals surface area contributed by atoms with Crippen molar-refractivity contribution in [1.82, 2.24) is 0 Å². The first-order valence-electron chi connectivity index (χ1n) is 3.36. The summed E-state index contributed by atoms with van der Waals surface area (Å²) in [6, 6.07) is 0. The molecule has 0 N–H and O–H groups in total. The molecule has 56 valence electrons. The van der Waals surface area contributed by atoms with Crippen molar-refractivity contribution in [2.24, 2.45) is 0 Å². The summed E-state index contributed by atoms with van der Waals surface area (Å²) in [5.74, 6) is 0. The Kier molecular flexibility index (Phi) is 5.54. The second-order valence-corrected chi connectivity index (χ2v) is 1.88. The average molecular weight is 138 g/mol. The summed E-state index contributed by atoms with van der Waals surface area (Å²) in [7, 11) is 1.65. The van der Waals surface area contributed by atoms with Gasteiger partial charge < -0.3 is 4.74 Å². The molecule has 1 nitrogen and oxygen atoms in total. The van der Waals surface area contributed by atoms with Crippen LogP contribution in [0.1, 0.15) is 13.3 Å². The summed E-state index contributed by atoms with van der Waals surface area (Å²) in [6.07, 6.45) is 8.35. The molecule has 0 saturated heterocycles. The van der Waals surface area contributed by atoms with E-state index in [1.165, 1.54) is 5.57 Å². The maximum atomic E-state index is 4.84. The average Bonchev–Trinajstić information content (AvgIpc) is 1.98. The molecule has 0 heterocycles. The van der Waals surface area contributed by atoms with Crippen LogP contribution in [0, 0.1) is 0 Å². The zero-order valence-electron chi connectivity index (χ0n) is 6.63. The van der Waals surface area contributed by atoms with Gasteiger partial charge in [-0.3, -0.25) is 0 Å². The van der Waals surface area contributed by atoms with Gasteiger partial charge in [0.2, 0.25) is 0 Å². The minimum absolute atomic E-state index is 0.984. The van der Waals surface area contributed by atoms with Gasteiger partial charge in [-0.2, -0.15) is 0 Å². The largest absolute Gasteiger partial charge is 0.504 e. The van der Waals surface area contributed by atoms with Gasteiger partial charge >= 0.3 is 0 Å². The summed E-state index contributed by atoms with van der Waals surface area (Å²) in [6.45, 7) is 5.65. The van der Waals surface area contributed by atoms with Crippen molar-refractivity contribution in [2.75, 3.05) is 7.11 Å². The molecule has 0 fully saturated rings. The molecule has 0 aliphatic carbocycles. The monoisotopic (exact) mass is 138 g/mol. The molecule has 0 radical (unpaired) electrons. The molecule has 0 saturated carbocycles. The van der Waals surface area contributed by atoms with Crippen LogP contribution in [0.2, 0.25) is 0 Å². The minimum Gasteiger partial charge on any atom is -0.504 e. The maximum Gasteiger partial charge on any atom is 0.0856 e. The maximum absolute atomic E-state index is 4.84. The molecule has 0 amide bonds. The number of rotatable bonds is 4. The van der Waals surface area contributed by atoms with E-state index in [0.717, 1.165) is 6.42 Å². The zero-order chi connectivity index (χ0) is 7.82. The van der Waals surface area contributed by atoms with Crippen molar-refractivity contribution in [3.63, 3.8) is 0 Å². The molecule has 0 bridgehead atoms. The molecule has 0 aliphatic heterocycles. The molecule has 1 heteroatoms. The Hall–Kier alpha value is -0.980. The Morgan fingerprint density at radius 2 is 2.30 bits per heavy atom. The Morgan fingerprint density at radius 3 is 2.70 bits per heavy atom. The predicted octanol–water partition coefficient (Wildman–Crippen LogP) is 2.67. The number of allylic oxidation sites excluding steroid dienone is 4. The van der Waals surface area contributed by atoms with E-state index in [1.807, 2.05) is 12.2 Å². The standard InChI is InChI=1S/C9H14O/c1-4-6-7-9(5-2)8-10-3/h4,6-8H,1,5H2,2-3H3/b7-6-,9-8+. The quantitative estimate of drug-likeness (QED) is 0.428. The molecule has 0 atom stereocenters.